The van der Waals surface area contributed by atoms with Crippen molar-refractivity contribution in [1.82, 2.24) is 4.98 Å². The van der Waals surface area contributed by atoms with E-state index in [9.17, 15) is 4.79 Å². The molecule has 0 radical (unpaired) electrons. The number of rotatable bonds is 2. The second-order valence-corrected chi connectivity index (χ2v) is 4.72. The molecule has 0 fully saturated rings. The Balaban J connectivity index is 2.76. The molecule has 18 heavy (non-hydrogen) atoms. The van der Waals surface area contributed by atoms with Crippen molar-refractivity contribution in [3.05, 3.63) is 44.2 Å². The zero-order chi connectivity index (χ0) is 13.3. The third kappa shape index (κ3) is 2.00. The lowest BCUT2D eigenvalue weighted by molar-refractivity contribution is 0.967. The van der Waals surface area contributed by atoms with Crippen LogP contribution in [0.1, 0.15) is 23.2 Å². The van der Waals surface area contributed by atoms with E-state index in [2.05, 4.69) is 11.1 Å². The first-order valence-electron chi connectivity index (χ1n) is 5.73. The molecule has 0 spiro atoms. The molecule has 4 heteroatoms. The fourth-order valence-electron chi connectivity index (χ4n) is 2.11. The third-order valence-electron chi connectivity index (χ3n) is 3.17. The van der Waals surface area contributed by atoms with Crippen molar-refractivity contribution in [1.29, 1.82) is 5.26 Å². The van der Waals surface area contributed by atoms with Gasteiger partial charge in [0.05, 0.1) is 11.6 Å². The molecule has 0 amide bonds. The molecule has 2 rings (SSSR count). The number of H-pyrrole nitrogens is 1. The molecule has 1 heterocycles. The van der Waals surface area contributed by atoms with Gasteiger partial charge in [-0.2, -0.15) is 5.26 Å². The second-order valence-electron chi connectivity index (χ2n) is 4.31. The van der Waals surface area contributed by atoms with Gasteiger partial charge in [-0.15, -0.1) is 0 Å². The number of pyridine rings is 1. The zero-order valence-electron chi connectivity index (χ0n) is 10.3. The van der Waals surface area contributed by atoms with E-state index < -0.39 is 0 Å². The van der Waals surface area contributed by atoms with Crippen molar-refractivity contribution in [3.63, 3.8) is 0 Å². The Morgan fingerprint density at radius 2 is 2.11 bits per heavy atom. The van der Waals surface area contributed by atoms with Gasteiger partial charge in [0.25, 0.3) is 0 Å². The van der Waals surface area contributed by atoms with Crippen molar-refractivity contribution in [2.75, 3.05) is 0 Å². The molecule has 0 atom stereocenters. The maximum Gasteiger partial charge on any atom is 0.192 e. The van der Waals surface area contributed by atoms with Crippen LogP contribution < -0.4 is 5.43 Å². The van der Waals surface area contributed by atoms with E-state index >= 15 is 0 Å². The summed E-state index contributed by atoms with van der Waals surface area (Å²) in [6.07, 6.45) is 0.831. The van der Waals surface area contributed by atoms with Crippen LogP contribution in [0.3, 0.4) is 0 Å². The number of hydrogen-bond donors (Lipinski definition) is 1. The summed E-state index contributed by atoms with van der Waals surface area (Å²) in [5.41, 5.74) is 3.15. The third-order valence-corrected chi connectivity index (χ3v) is 3.58. The molecule has 3 nitrogen and oxygen atoms in total. The summed E-state index contributed by atoms with van der Waals surface area (Å²) < 4.78 is 0. The number of fused-ring (bicyclic) bond motifs is 1. The van der Waals surface area contributed by atoms with E-state index in [1.165, 1.54) is 0 Å². The summed E-state index contributed by atoms with van der Waals surface area (Å²) in [7, 11) is 0. The van der Waals surface area contributed by atoms with E-state index in [1.807, 2.05) is 13.8 Å². The molecule has 0 aliphatic heterocycles. The Kier molecular flexibility index (Phi) is 3.40. The quantitative estimate of drug-likeness (QED) is 0.901. The summed E-state index contributed by atoms with van der Waals surface area (Å²) in [6.45, 7) is 3.74. The molecule has 1 aromatic heterocycles. The van der Waals surface area contributed by atoms with Crippen LogP contribution in [0.15, 0.2) is 16.9 Å². The first-order valence-corrected chi connectivity index (χ1v) is 6.11. The molecule has 0 bridgehead atoms. The average Bonchev–Trinajstić information content (AvgIpc) is 2.34. The lowest BCUT2D eigenvalue weighted by Crippen LogP contribution is -2.13. The monoisotopic (exact) mass is 260 g/mol. The molecule has 92 valence electrons. The van der Waals surface area contributed by atoms with Crippen molar-refractivity contribution in [2.24, 2.45) is 0 Å². The topological polar surface area (TPSA) is 56.6 Å². The number of nitrogens with one attached hydrogen (secondary N) is 1. The molecule has 1 aromatic carbocycles. The van der Waals surface area contributed by atoms with Crippen LogP contribution in [0.5, 0.6) is 0 Å². The summed E-state index contributed by atoms with van der Waals surface area (Å²) in [4.78, 5) is 15.6. The summed E-state index contributed by atoms with van der Waals surface area (Å²) >= 11 is 6.05. The molecule has 0 saturated carbocycles. The van der Waals surface area contributed by atoms with Crippen LogP contribution >= 0.6 is 11.6 Å². The predicted octanol–water partition coefficient (Wildman–Crippen LogP) is 3.25. The van der Waals surface area contributed by atoms with E-state index in [4.69, 9.17) is 16.9 Å². The predicted molar refractivity (Wildman–Crippen MR) is 73.0 cm³/mol. The van der Waals surface area contributed by atoms with Crippen molar-refractivity contribution in [2.45, 2.75) is 26.7 Å². The highest BCUT2D eigenvalue weighted by Crippen LogP contribution is 2.23. The molecular weight excluding hydrogens is 248 g/mol. The number of halogens is 1. The van der Waals surface area contributed by atoms with Gasteiger partial charge in [-0.1, -0.05) is 11.6 Å². The van der Waals surface area contributed by atoms with E-state index in [0.29, 0.717) is 28.8 Å². The van der Waals surface area contributed by atoms with Crippen molar-refractivity contribution in [3.8, 4) is 6.07 Å². The molecule has 0 aliphatic carbocycles. The molecule has 1 N–H and O–H groups in total. The van der Waals surface area contributed by atoms with Gasteiger partial charge in [-0.3, -0.25) is 4.79 Å². The van der Waals surface area contributed by atoms with Gasteiger partial charge >= 0.3 is 0 Å². The number of aromatic nitrogens is 1. The van der Waals surface area contributed by atoms with Crippen molar-refractivity contribution >= 4 is 22.5 Å². The van der Waals surface area contributed by atoms with Crippen LogP contribution in [0.4, 0.5) is 0 Å². The van der Waals surface area contributed by atoms with Gasteiger partial charge in [0.2, 0.25) is 0 Å². The zero-order valence-corrected chi connectivity index (χ0v) is 11.1. The summed E-state index contributed by atoms with van der Waals surface area (Å²) in [5, 5.41) is 9.90. The van der Waals surface area contributed by atoms with Crippen LogP contribution in [0.2, 0.25) is 5.02 Å². The first-order chi connectivity index (χ1) is 8.56. The lowest BCUT2D eigenvalue weighted by Gasteiger charge is -2.09. The van der Waals surface area contributed by atoms with Gasteiger partial charge < -0.3 is 4.98 Å². The van der Waals surface area contributed by atoms with Gasteiger partial charge in [0.15, 0.2) is 5.43 Å². The van der Waals surface area contributed by atoms with E-state index in [-0.39, 0.29) is 5.43 Å². The van der Waals surface area contributed by atoms with Gasteiger partial charge in [0, 0.05) is 28.1 Å². The molecule has 2 aromatic rings. The van der Waals surface area contributed by atoms with E-state index in [1.54, 1.807) is 12.1 Å². The van der Waals surface area contributed by atoms with Gasteiger partial charge in [-0.25, -0.2) is 0 Å². The fraction of sp³-hybridized carbons (Fsp3) is 0.286. The molecule has 0 unspecified atom stereocenters. The lowest BCUT2D eigenvalue weighted by atomic mass is 10.0. The van der Waals surface area contributed by atoms with E-state index in [0.717, 1.165) is 16.8 Å². The Morgan fingerprint density at radius 1 is 1.39 bits per heavy atom. The Hall–Kier alpha value is -1.79. The number of nitriles is 1. The number of aryl methyl sites for hydroxylation is 2. The number of hydrogen-bond acceptors (Lipinski definition) is 2. The summed E-state index contributed by atoms with van der Waals surface area (Å²) in [6, 6.07) is 5.53. The minimum atomic E-state index is -0.00346. The number of benzene rings is 1. The Morgan fingerprint density at radius 3 is 2.78 bits per heavy atom. The largest absolute Gasteiger partial charge is 0.358 e. The summed E-state index contributed by atoms with van der Waals surface area (Å²) in [5.74, 6) is 0. The normalized spacial score (nSPS) is 10.6. The standard InChI is InChI=1S/C14H13ClN2O/c1-8-12(15)6-5-11-13(8)17-9(2)10(14(11)18)4-3-7-16/h5-6H,3-4H2,1-2H3,(H,17,18). The second kappa shape index (κ2) is 4.83. The minimum Gasteiger partial charge on any atom is -0.358 e. The smallest absolute Gasteiger partial charge is 0.192 e. The minimum absolute atomic E-state index is 0.00346. The van der Waals surface area contributed by atoms with Crippen LogP contribution in [-0.2, 0) is 6.42 Å². The fourth-order valence-corrected chi connectivity index (χ4v) is 2.27. The average molecular weight is 261 g/mol. The van der Waals surface area contributed by atoms with Crippen molar-refractivity contribution < 1.29 is 0 Å². The highest BCUT2D eigenvalue weighted by atomic mass is 35.5. The van der Waals surface area contributed by atoms with Crippen LogP contribution in [0, 0.1) is 25.2 Å². The molecular formula is C14H13ClN2O. The first kappa shape index (κ1) is 12.7. The maximum atomic E-state index is 12.3. The molecule has 0 saturated heterocycles. The van der Waals surface area contributed by atoms with Crippen LogP contribution in [-0.4, -0.2) is 4.98 Å². The maximum absolute atomic E-state index is 12.3. The van der Waals surface area contributed by atoms with Crippen LogP contribution in [0.25, 0.3) is 10.9 Å². The van der Waals surface area contributed by atoms with Gasteiger partial charge in [0.1, 0.15) is 0 Å². The number of aromatic amines is 1. The van der Waals surface area contributed by atoms with Gasteiger partial charge in [-0.05, 0) is 38.0 Å². The Bertz CT molecular complexity index is 710. The number of nitrogens with zero attached hydrogens (tertiary/aromatic N) is 1. The Labute approximate surface area is 110 Å². The molecule has 0 aliphatic rings. The highest BCUT2D eigenvalue weighted by Gasteiger charge is 2.11. The SMILES string of the molecule is Cc1[nH]c2c(C)c(Cl)ccc2c(=O)c1CCC#N. The highest BCUT2D eigenvalue weighted by molar-refractivity contribution is 6.32.